The second-order valence-corrected chi connectivity index (χ2v) is 17.9. The zero-order valence-corrected chi connectivity index (χ0v) is 40.1. The normalized spacial score (nSPS) is 13.5. The van der Waals surface area contributed by atoms with Gasteiger partial charge in [0.1, 0.15) is 6.10 Å². The Morgan fingerprint density at radius 3 is 1.33 bits per heavy atom. The number of hydrogen-bond donors (Lipinski definition) is 3. The molecule has 0 bridgehead atoms. The average molecular weight is 844 g/mol. The minimum atomic E-state index is -0.791. The van der Waals surface area contributed by atoms with E-state index in [-0.39, 0.29) is 24.9 Å². The Balaban J connectivity index is 4.48. The number of aliphatic hydroxyl groups is 2. The topological polar surface area (TPSA) is 95.9 Å². The standard InChI is InChI=1S/C54H101NO5/c1-4-7-10-13-16-19-22-24-26-28-29-31-34-37-40-43-46-52(57)51(49-56)55-53(58)48-50(45-42-39-36-33-21-18-15-12-9-6-3)60-54(59)47-44-41-38-35-32-30-27-25-23-20-17-14-11-8-5-2/h17-18,20-21,23,25,50-52,56-57H,4-16,19,22,24,26-49H2,1-3H3,(H,55,58)/b20-17+,21-18-,25-23+. The third-order valence-electron chi connectivity index (χ3n) is 12.0. The van der Waals surface area contributed by atoms with E-state index in [0.29, 0.717) is 19.3 Å². The highest BCUT2D eigenvalue weighted by Crippen LogP contribution is 2.18. The summed E-state index contributed by atoms with van der Waals surface area (Å²) in [4.78, 5) is 26.1. The number of nitrogens with one attached hydrogen (secondary N) is 1. The Bertz CT molecular complexity index is 993. The predicted octanol–water partition coefficient (Wildman–Crippen LogP) is 15.7. The largest absolute Gasteiger partial charge is 0.462 e. The summed E-state index contributed by atoms with van der Waals surface area (Å²) < 4.78 is 5.91. The third-order valence-corrected chi connectivity index (χ3v) is 12.0. The number of carbonyl (C=O) groups is 2. The second kappa shape index (κ2) is 48.1. The van der Waals surface area contributed by atoms with Gasteiger partial charge >= 0.3 is 5.97 Å². The van der Waals surface area contributed by atoms with Crippen LogP contribution in [0.15, 0.2) is 36.5 Å². The molecule has 0 aliphatic rings. The first-order chi connectivity index (χ1) is 29.5. The Morgan fingerprint density at radius 2 is 0.850 bits per heavy atom. The molecule has 3 atom stereocenters. The predicted molar refractivity (Wildman–Crippen MR) is 259 cm³/mol. The molecule has 0 fully saturated rings. The molecule has 6 nitrogen and oxygen atoms in total. The average Bonchev–Trinajstić information content (AvgIpc) is 3.24. The summed E-state index contributed by atoms with van der Waals surface area (Å²) in [6.07, 6.45) is 56.3. The van der Waals surface area contributed by atoms with Gasteiger partial charge in [-0.05, 0) is 77.0 Å². The molecule has 0 heterocycles. The molecule has 0 aliphatic heterocycles. The van der Waals surface area contributed by atoms with Crippen LogP contribution in [-0.4, -0.2) is 46.9 Å². The molecule has 0 rings (SSSR count). The fourth-order valence-electron chi connectivity index (χ4n) is 7.95. The molecule has 0 spiro atoms. The highest BCUT2D eigenvalue weighted by molar-refractivity contribution is 5.77. The van der Waals surface area contributed by atoms with Crippen molar-refractivity contribution >= 4 is 11.9 Å². The maximum atomic E-state index is 13.2. The summed E-state index contributed by atoms with van der Waals surface area (Å²) in [5.74, 6) is -0.497. The van der Waals surface area contributed by atoms with Gasteiger partial charge in [-0.1, -0.05) is 218 Å². The van der Waals surface area contributed by atoms with Crippen molar-refractivity contribution in [3.63, 3.8) is 0 Å². The molecule has 6 heteroatoms. The zero-order chi connectivity index (χ0) is 43.8. The van der Waals surface area contributed by atoms with Crippen molar-refractivity contribution < 1.29 is 24.5 Å². The monoisotopic (exact) mass is 844 g/mol. The fraction of sp³-hybridized carbons (Fsp3) is 0.852. The lowest BCUT2D eigenvalue weighted by molar-refractivity contribution is -0.151. The van der Waals surface area contributed by atoms with E-state index in [9.17, 15) is 19.8 Å². The Kier molecular flexibility index (Phi) is 46.6. The lowest BCUT2D eigenvalue weighted by Gasteiger charge is -2.24. The quantitative estimate of drug-likeness (QED) is 0.0245. The van der Waals surface area contributed by atoms with Crippen molar-refractivity contribution in [2.45, 2.75) is 289 Å². The van der Waals surface area contributed by atoms with Gasteiger partial charge in [0.15, 0.2) is 0 Å². The van der Waals surface area contributed by atoms with Gasteiger partial charge in [0.25, 0.3) is 0 Å². The lowest BCUT2D eigenvalue weighted by Crippen LogP contribution is -2.46. The van der Waals surface area contributed by atoms with Crippen LogP contribution < -0.4 is 5.32 Å². The molecule has 3 N–H and O–H groups in total. The smallest absolute Gasteiger partial charge is 0.306 e. The lowest BCUT2D eigenvalue weighted by atomic mass is 10.0. The molecule has 0 aromatic carbocycles. The molecule has 0 aromatic heterocycles. The van der Waals surface area contributed by atoms with Gasteiger partial charge < -0.3 is 20.3 Å². The van der Waals surface area contributed by atoms with Crippen molar-refractivity contribution in [1.82, 2.24) is 5.32 Å². The summed E-state index contributed by atoms with van der Waals surface area (Å²) >= 11 is 0. The SMILES string of the molecule is CCCCC/C=C\CCCCCC(CC(=O)NC(CO)C(O)CCCCCCCCCCCCCCCCCC)OC(=O)CCCCCCCC/C=C/C=C/CCCCC. The van der Waals surface area contributed by atoms with Crippen molar-refractivity contribution in [1.29, 1.82) is 0 Å². The van der Waals surface area contributed by atoms with Crippen molar-refractivity contribution in [3.8, 4) is 0 Å². The number of allylic oxidation sites excluding steroid dienone is 6. The molecule has 0 radical (unpaired) electrons. The van der Waals surface area contributed by atoms with Crippen LogP contribution in [0.3, 0.4) is 0 Å². The maximum absolute atomic E-state index is 13.2. The molecule has 352 valence electrons. The molecule has 0 aromatic rings. The van der Waals surface area contributed by atoms with Gasteiger partial charge in [0.2, 0.25) is 5.91 Å². The number of unbranched alkanes of at least 4 members (excludes halogenated alkanes) is 30. The van der Waals surface area contributed by atoms with Crippen LogP contribution in [0.4, 0.5) is 0 Å². The van der Waals surface area contributed by atoms with Gasteiger partial charge in [-0.25, -0.2) is 0 Å². The van der Waals surface area contributed by atoms with E-state index < -0.39 is 18.2 Å². The number of ether oxygens (including phenoxy) is 1. The highest BCUT2D eigenvalue weighted by atomic mass is 16.5. The van der Waals surface area contributed by atoms with Gasteiger partial charge in [-0.15, -0.1) is 0 Å². The number of carbonyl (C=O) groups excluding carboxylic acids is 2. The Labute approximate surface area is 373 Å². The van der Waals surface area contributed by atoms with E-state index in [4.69, 9.17) is 4.74 Å². The van der Waals surface area contributed by atoms with E-state index in [0.717, 1.165) is 77.0 Å². The molecule has 60 heavy (non-hydrogen) atoms. The van der Waals surface area contributed by atoms with Crippen molar-refractivity contribution in [2.75, 3.05) is 6.61 Å². The van der Waals surface area contributed by atoms with Crippen LogP contribution in [0.5, 0.6) is 0 Å². The van der Waals surface area contributed by atoms with Gasteiger partial charge in [0, 0.05) is 6.42 Å². The van der Waals surface area contributed by atoms with E-state index in [1.807, 2.05) is 0 Å². The number of rotatable bonds is 47. The highest BCUT2D eigenvalue weighted by Gasteiger charge is 2.24. The second-order valence-electron chi connectivity index (χ2n) is 17.9. The summed E-state index contributed by atoms with van der Waals surface area (Å²) in [6, 6.07) is -0.706. The fourth-order valence-corrected chi connectivity index (χ4v) is 7.95. The van der Waals surface area contributed by atoms with E-state index in [1.54, 1.807) is 0 Å². The summed E-state index contributed by atoms with van der Waals surface area (Å²) in [6.45, 7) is 6.43. The van der Waals surface area contributed by atoms with Crippen LogP contribution in [0.25, 0.3) is 0 Å². The molecule has 0 aliphatic carbocycles. The first kappa shape index (κ1) is 58.1. The number of amides is 1. The molecule has 1 amide bonds. The zero-order valence-electron chi connectivity index (χ0n) is 40.1. The molecule has 3 unspecified atom stereocenters. The number of hydrogen-bond acceptors (Lipinski definition) is 5. The number of aliphatic hydroxyl groups excluding tert-OH is 2. The first-order valence-electron chi connectivity index (χ1n) is 26.2. The summed E-state index contributed by atoms with van der Waals surface area (Å²) in [5.41, 5.74) is 0. The van der Waals surface area contributed by atoms with Crippen LogP contribution >= 0.6 is 0 Å². The van der Waals surface area contributed by atoms with E-state index in [1.165, 1.54) is 148 Å². The van der Waals surface area contributed by atoms with E-state index in [2.05, 4.69) is 62.5 Å². The summed E-state index contributed by atoms with van der Waals surface area (Å²) in [5, 5.41) is 23.8. The van der Waals surface area contributed by atoms with Crippen molar-refractivity contribution in [2.24, 2.45) is 0 Å². The van der Waals surface area contributed by atoms with Crippen LogP contribution in [0.2, 0.25) is 0 Å². The Morgan fingerprint density at radius 1 is 0.483 bits per heavy atom. The Hall–Kier alpha value is -1.92. The first-order valence-corrected chi connectivity index (χ1v) is 26.2. The van der Waals surface area contributed by atoms with Gasteiger partial charge in [-0.2, -0.15) is 0 Å². The maximum Gasteiger partial charge on any atom is 0.306 e. The molecular weight excluding hydrogens is 743 g/mol. The number of esters is 1. The van der Waals surface area contributed by atoms with Crippen molar-refractivity contribution in [3.05, 3.63) is 36.5 Å². The van der Waals surface area contributed by atoms with Crippen LogP contribution in [-0.2, 0) is 14.3 Å². The molecule has 0 saturated carbocycles. The third kappa shape index (κ3) is 42.8. The van der Waals surface area contributed by atoms with Crippen LogP contribution in [0, 0.1) is 0 Å². The minimum absolute atomic E-state index is 0.0639. The molecule has 0 saturated heterocycles. The van der Waals surface area contributed by atoms with Crippen LogP contribution in [0.1, 0.15) is 271 Å². The van der Waals surface area contributed by atoms with Gasteiger partial charge in [0.05, 0.1) is 25.2 Å². The minimum Gasteiger partial charge on any atom is -0.462 e. The molecular formula is C54H101NO5. The van der Waals surface area contributed by atoms with E-state index >= 15 is 0 Å². The summed E-state index contributed by atoms with van der Waals surface area (Å²) in [7, 11) is 0. The van der Waals surface area contributed by atoms with Gasteiger partial charge in [-0.3, -0.25) is 9.59 Å².